The minimum Gasteiger partial charge on any atom is -0.480 e. The Morgan fingerprint density at radius 2 is 1.91 bits per heavy atom. The molecule has 1 atom stereocenters. The molecule has 0 saturated heterocycles. The summed E-state index contributed by atoms with van der Waals surface area (Å²) < 4.78 is 1.73. The topological polar surface area (TPSA) is 84.2 Å². The normalized spacial score (nSPS) is 13.0. The van der Waals surface area contributed by atoms with Crippen LogP contribution in [0, 0.1) is 19.3 Å². The number of nitrogens with one attached hydrogen (secondary N) is 1. The molecule has 0 aliphatic heterocycles. The van der Waals surface area contributed by atoms with E-state index in [-0.39, 0.29) is 17.7 Å². The van der Waals surface area contributed by atoms with Crippen LogP contribution in [0.25, 0.3) is 0 Å². The van der Waals surface area contributed by atoms with Gasteiger partial charge in [0.2, 0.25) is 5.91 Å². The number of aliphatic carboxylic acids is 1. The Morgan fingerprint density at radius 3 is 2.32 bits per heavy atom. The molecule has 2 N–H and O–H groups in total. The van der Waals surface area contributed by atoms with Crippen molar-refractivity contribution in [3.05, 3.63) is 17.0 Å². The molecule has 0 fully saturated rings. The third-order valence-electron chi connectivity index (χ3n) is 3.81. The first-order chi connectivity index (χ1) is 10.0. The molecular formula is C16H27N3O3. The van der Waals surface area contributed by atoms with Gasteiger partial charge in [0.05, 0.1) is 12.1 Å². The number of aromatic nitrogens is 2. The van der Waals surface area contributed by atoms with E-state index in [1.165, 1.54) is 0 Å². The summed E-state index contributed by atoms with van der Waals surface area (Å²) >= 11 is 0. The van der Waals surface area contributed by atoms with Crippen molar-refractivity contribution in [3.8, 4) is 0 Å². The molecule has 1 heterocycles. The lowest BCUT2D eigenvalue weighted by Gasteiger charge is -2.21. The molecule has 0 aliphatic carbocycles. The average Bonchev–Trinajstić information content (AvgIpc) is 2.59. The number of rotatable bonds is 6. The van der Waals surface area contributed by atoms with Crippen LogP contribution in [-0.2, 0) is 23.1 Å². The maximum Gasteiger partial charge on any atom is 0.326 e. The summed E-state index contributed by atoms with van der Waals surface area (Å²) in [6.07, 6.45) is 1.32. The standard InChI is InChI=1S/C16H27N3O3/c1-10-12(11(2)19(6)18-10)9-14(20)17-13(15(21)22)7-8-16(3,4)5/h13H,7-9H2,1-6H3,(H,17,20)(H,21,22). The van der Waals surface area contributed by atoms with E-state index < -0.39 is 12.0 Å². The minimum absolute atomic E-state index is 0.0367. The van der Waals surface area contributed by atoms with Crippen molar-refractivity contribution in [1.82, 2.24) is 15.1 Å². The second-order valence-corrected chi connectivity index (χ2v) is 7.01. The largest absolute Gasteiger partial charge is 0.480 e. The predicted molar refractivity (Wildman–Crippen MR) is 84.6 cm³/mol. The molecule has 22 heavy (non-hydrogen) atoms. The molecule has 0 spiro atoms. The molecule has 0 aromatic carbocycles. The van der Waals surface area contributed by atoms with Crippen LogP contribution in [0.4, 0.5) is 0 Å². The molecular weight excluding hydrogens is 282 g/mol. The highest BCUT2D eigenvalue weighted by Gasteiger charge is 2.23. The Balaban J connectivity index is 2.70. The van der Waals surface area contributed by atoms with E-state index in [4.69, 9.17) is 0 Å². The van der Waals surface area contributed by atoms with E-state index in [1.54, 1.807) is 4.68 Å². The van der Waals surface area contributed by atoms with E-state index >= 15 is 0 Å². The molecule has 0 saturated carbocycles. The van der Waals surface area contributed by atoms with Crippen molar-refractivity contribution >= 4 is 11.9 Å². The lowest BCUT2D eigenvalue weighted by Crippen LogP contribution is -2.42. The maximum absolute atomic E-state index is 12.2. The molecule has 6 nitrogen and oxygen atoms in total. The Hall–Kier alpha value is -1.85. The van der Waals surface area contributed by atoms with E-state index in [1.807, 2.05) is 20.9 Å². The number of nitrogens with zero attached hydrogens (tertiary/aromatic N) is 2. The van der Waals surface area contributed by atoms with Crippen molar-refractivity contribution in [3.63, 3.8) is 0 Å². The summed E-state index contributed by atoms with van der Waals surface area (Å²) in [5, 5.41) is 16.2. The maximum atomic E-state index is 12.2. The highest BCUT2D eigenvalue weighted by Crippen LogP contribution is 2.21. The van der Waals surface area contributed by atoms with Gasteiger partial charge in [0.1, 0.15) is 6.04 Å². The second kappa shape index (κ2) is 6.94. The Bertz CT molecular complexity index is 556. The van der Waals surface area contributed by atoms with Gasteiger partial charge in [-0.2, -0.15) is 5.10 Å². The van der Waals surface area contributed by atoms with Crippen LogP contribution in [0.15, 0.2) is 0 Å². The van der Waals surface area contributed by atoms with E-state index in [2.05, 4.69) is 31.2 Å². The van der Waals surface area contributed by atoms with E-state index in [0.717, 1.165) is 23.4 Å². The first-order valence-electron chi connectivity index (χ1n) is 7.52. The molecule has 1 amide bonds. The first-order valence-corrected chi connectivity index (χ1v) is 7.52. The van der Waals surface area contributed by atoms with Crippen LogP contribution in [-0.4, -0.2) is 32.8 Å². The van der Waals surface area contributed by atoms with Gasteiger partial charge < -0.3 is 10.4 Å². The van der Waals surface area contributed by atoms with Crippen molar-refractivity contribution in [2.24, 2.45) is 12.5 Å². The third kappa shape index (κ3) is 5.16. The summed E-state index contributed by atoms with van der Waals surface area (Å²) in [7, 11) is 1.83. The zero-order valence-electron chi connectivity index (χ0n) is 14.4. The highest BCUT2D eigenvalue weighted by molar-refractivity contribution is 5.85. The fourth-order valence-electron chi connectivity index (χ4n) is 2.31. The number of amides is 1. The number of carbonyl (C=O) groups excluding carboxylic acids is 1. The first kappa shape index (κ1) is 18.2. The van der Waals surface area contributed by atoms with Crippen LogP contribution in [0.5, 0.6) is 0 Å². The lowest BCUT2D eigenvalue weighted by atomic mass is 9.88. The van der Waals surface area contributed by atoms with Gasteiger partial charge in [0.15, 0.2) is 0 Å². The molecule has 1 aromatic heterocycles. The molecule has 6 heteroatoms. The molecule has 0 bridgehead atoms. The van der Waals surface area contributed by atoms with Gasteiger partial charge in [-0.3, -0.25) is 9.48 Å². The van der Waals surface area contributed by atoms with Crippen LogP contribution < -0.4 is 5.32 Å². The quantitative estimate of drug-likeness (QED) is 0.841. The van der Waals surface area contributed by atoms with Crippen molar-refractivity contribution < 1.29 is 14.7 Å². The Kier molecular flexibility index (Phi) is 5.74. The van der Waals surface area contributed by atoms with Gasteiger partial charge in [0, 0.05) is 18.3 Å². The van der Waals surface area contributed by atoms with Gasteiger partial charge in [-0.15, -0.1) is 0 Å². The Morgan fingerprint density at radius 1 is 1.32 bits per heavy atom. The zero-order chi connectivity index (χ0) is 17.1. The van der Waals surface area contributed by atoms with Crippen LogP contribution in [0.3, 0.4) is 0 Å². The summed E-state index contributed by atoms with van der Waals surface area (Å²) in [5.41, 5.74) is 2.63. The SMILES string of the molecule is Cc1nn(C)c(C)c1CC(=O)NC(CCC(C)(C)C)C(=O)O. The van der Waals surface area contributed by atoms with Gasteiger partial charge in [0.25, 0.3) is 0 Å². The molecule has 1 unspecified atom stereocenters. The molecule has 0 radical (unpaired) electrons. The van der Waals surface area contributed by atoms with Gasteiger partial charge in [-0.1, -0.05) is 20.8 Å². The fourth-order valence-corrected chi connectivity index (χ4v) is 2.31. The predicted octanol–water partition coefficient (Wildman–Crippen LogP) is 1.98. The van der Waals surface area contributed by atoms with Crippen molar-refractivity contribution in [1.29, 1.82) is 0 Å². The zero-order valence-corrected chi connectivity index (χ0v) is 14.4. The summed E-state index contributed by atoms with van der Waals surface area (Å²) in [4.78, 5) is 23.5. The van der Waals surface area contributed by atoms with Crippen LogP contribution >= 0.6 is 0 Å². The summed E-state index contributed by atoms with van der Waals surface area (Å²) in [5.74, 6) is -1.27. The van der Waals surface area contributed by atoms with Crippen molar-refractivity contribution in [2.75, 3.05) is 0 Å². The second-order valence-electron chi connectivity index (χ2n) is 7.01. The number of hydrogen-bond donors (Lipinski definition) is 2. The molecule has 1 rings (SSSR count). The fraction of sp³-hybridized carbons (Fsp3) is 0.688. The number of carboxylic acid groups (broad SMARTS) is 1. The Labute approximate surface area is 131 Å². The summed E-state index contributed by atoms with van der Waals surface area (Å²) in [6, 6.07) is -0.844. The summed E-state index contributed by atoms with van der Waals surface area (Å²) in [6.45, 7) is 9.91. The number of carboxylic acids is 1. The average molecular weight is 309 g/mol. The van der Waals surface area contributed by atoms with Gasteiger partial charge >= 0.3 is 5.97 Å². The molecule has 1 aromatic rings. The van der Waals surface area contributed by atoms with Crippen LogP contribution in [0.2, 0.25) is 0 Å². The molecule has 124 valence electrons. The third-order valence-corrected chi connectivity index (χ3v) is 3.81. The van der Waals surface area contributed by atoms with Crippen molar-refractivity contribution in [2.45, 2.75) is 59.9 Å². The smallest absolute Gasteiger partial charge is 0.326 e. The van der Waals surface area contributed by atoms with E-state index in [0.29, 0.717) is 6.42 Å². The van der Waals surface area contributed by atoms with E-state index in [9.17, 15) is 14.7 Å². The lowest BCUT2D eigenvalue weighted by molar-refractivity contribution is -0.142. The van der Waals surface area contributed by atoms with Gasteiger partial charge in [-0.25, -0.2) is 4.79 Å². The number of carbonyl (C=O) groups is 2. The highest BCUT2D eigenvalue weighted by atomic mass is 16.4. The monoisotopic (exact) mass is 309 g/mol. The minimum atomic E-state index is -0.989. The van der Waals surface area contributed by atoms with Crippen LogP contribution in [0.1, 0.15) is 50.6 Å². The number of hydrogen-bond acceptors (Lipinski definition) is 3. The van der Waals surface area contributed by atoms with Gasteiger partial charge in [-0.05, 0) is 32.1 Å². The molecule has 0 aliphatic rings. The number of aryl methyl sites for hydroxylation is 2.